The number of hydrogen-bond donors (Lipinski definition) is 0. The lowest BCUT2D eigenvalue weighted by atomic mass is 9.84. The highest BCUT2D eigenvalue weighted by Crippen LogP contribution is 2.38. The van der Waals surface area contributed by atoms with Crippen LogP contribution in [0.5, 0.6) is 0 Å². The first-order valence-corrected chi connectivity index (χ1v) is 8.46. The average Bonchev–Trinajstić information content (AvgIpc) is 2.33. The number of benzene rings is 1. The van der Waals surface area contributed by atoms with Gasteiger partial charge in [0.2, 0.25) is 5.91 Å². The molecule has 1 aliphatic heterocycles. The Kier molecular flexibility index (Phi) is 3.94. The molecule has 104 valence electrons. The molecule has 0 aromatic heterocycles. The van der Waals surface area contributed by atoms with E-state index in [9.17, 15) is 13.2 Å². The lowest BCUT2D eigenvalue weighted by Gasteiger charge is -2.47. The van der Waals surface area contributed by atoms with Crippen LogP contribution in [0.4, 0.5) is 0 Å². The molecule has 1 amide bonds. The summed E-state index contributed by atoms with van der Waals surface area (Å²) in [6, 6.07) is 9.98. The van der Waals surface area contributed by atoms with Gasteiger partial charge in [-0.2, -0.15) is 0 Å². The number of sulfone groups is 1. The quantitative estimate of drug-likeness (QED) is 0.843. The Balaban J connectivity index is 2.03. The van der Waals surface area contributed by atoms with Gasteiger partial charge in [0.1, 0.15) is 9.84 Å². The lowest BCUT2D eigenvalue weighted by Crippen LogP contribution is -2.51. The summed E-state index contributed by atoms with van der Waals surface area (Å²) >= 11 is 0. The minimum absolute atomic E-state index is 0.0712. The minimum Gasteiger partial charge on any atom is -0.335 e. The highest BCUT2D eigenvalue weighted by molar-refractivity contribution is 7.90. The van der Waals surface area contributed by atoms with Gasteiger partial charge in [0.15, 0.2) is 0 Å². The van der Waals surface area contributed by atoms with Crippen LogP contribution in [0.1, 0.15) is 24.9 Å². The first-order valence-electron chi connectivity index (χ1n) is 6.40. The minimum atomic E-state index is -3.08. The third-order valence-electron chi connectivity index (χ3n) is 3.51. The van der Waals surface area contributed by atoms with E-state index in [1.807, 2.05) is 30.3 Å². The van der Waals surface area contributed by atoms with Gasteiger partial charge in [0, 0.05) is 19.2 Å². The molecule has 19 heavy (non-hydrogen) atoms. The molecule has 2 rings (SSSR count). The SMILES string of the molecule is C[C@H]1CN(C(=O)CCS(C)(=O)=O)[C@@H]1c1ccccc1. The van der Waals surface area contributed by atoms with Gasteiger partial charge in [-0.3, -0.25) is 4.79 Å². The summed E-state index contributed by atoms with van der Waals surface area (Å²) in [6.45, 7) is 2.82. The molecule has 0 N–H and O–H groups in total. The Hall–Kier alpha value is -1.36. The molecular weight excluding hydrogens is 262 g/mol. The standard InChI is InChI=1S/C14H19NO3S/c1-11-10-15(13(16)8-9-19(2,17)18)14(11)12-6-4-3-5-7-12/h3-7,11,14H,8-10H2,1-2H3/t11-,14-/m0/s1. The Morgan fingerprint density at radius 2 is 1.95 bits per heavy atom. The summed E-state index contributed by atoms with van der Waals surface area (Å²) in [7, 11) is -3.08. The predicted molar refractivity (Wildman–Crippen MR) is 74.4 cm³/mol. The van der Waals surface area contributed by atoms with Crippen molar-refractivity contribution >= 4 is 15.7 Å². The number of hydrogen-bond acceptors (Lipinski definition) is 3. The van der Waals surface area contributed by atoms with Crippen molar-refractivity contribution in [2.75, 3.05) is 18.6 Å². The van der Waals surface area contributed by atoms with Gasteiger partial charge in [-0.05, 0) is 11.5 Å². The normalized spacial score (nSPS) is 22.9. The van der Waals surface area contributed by atoms with E-state index in [-0.39, 0.29) is 24.1 Å². The van der Waals surface area contributed by atoms with Crippen LogP contribution in [0.15, 0.2) is 30.3 Å². The van der Waals surface area contributed by atoms with Crippen molar-refractivity contribution < 1.29 is 13.2 Å². The lowest BCUT2D eigenvalue weighted by molar-refractivity contribution is -0.143. The summed E-state index contributed by atoms with van der Waals surface area (Å²) in [5, 5.41) is 0. The molecule has 0 bridgehead atoms. The van der Waals surface area contributed by atoms with Crippen LogP contribution >= 0.6 is 0 Å². The summed E-state index contributed by atoms with van der Waals surface area (Å²) in [5.41, 5.74) is 1.12. The molecule has 1 heterocycles. The predicted octanol–water partition coefficient (Wildman–Crippen LogP) is 1.64. The summed E-state index contributed by atoms with van der Waals surface area (Å²) in [6.07, 6.45) is 1.24. The molecule has 0 unspecified atom stereocenters. The molecule has 1 aromatic rings. The number of likely N-dealkylation sites (tertiary alicyclic amines) is 1. The zero-order chi connectivity index (χ0) is 14.0. The van der Waals surface area contributed by atoms with Crippen LogP contribution in [0.2, 0.25) is 0 Å². The van der Waals surface area contributed by atoms with Crippen LogP contribution in [0.25, 0.3) is 0 Å². The Morgan fingerprint density at radius 1 is 1.32 bits per heavy atom. The molecule has 0 radical (unpaired) electrons. The fourth-order valence-corrected chi connectivity index (χ4v) is 3.07. The van der Waals surface area contributed by atoms with Gasteiger partial charge >= 0.3 is 0 Å². The fourth-order valence-electron chi connectivity index (χ4n) is 2.52. The van der Waals surface area contributed by atoms with Crippen LogP contribution < -0.4 is 0 Å². The third kappa shape index (κ3) is 3.35. The van der Waals surface area contributed by atoms with Crippen molar-refractivity contribution in [1.29, 1.82) is 0 Å². The van der Waals surface area contributed by atoms with Crippen LogP contribution in [0.3, 0.4) is 0 Å². The van der Waals surface area contributed by atoms with Gasteiger partial charge in [0.25, 0.3) is 0 Å². The van der Waals surface area contributed by atoms with Crippen molar-refractivity contribution in [2.45, 2.75) is 19.4 Å². The highest BCUT2D eigenvalue weighted by Gasteiger charge is 2.39. The molecule has 0 spiro atoms. The van der Waals surface area contributed by atoms with Crippen LogP contribution in [0, 0.1) is 5.92 Å². The first kappa shape index (κ1) is 14.1. The van der Waals surface area contributed by atoms with E-state index in [4.69, 9.17) is 0 Å². The topological polar surface area (TPSA) is 54.5 Å². The second-order valence-corrected chi connectivity index (χ2v) is 7.52. The molecule has 1 saturated heterocycles. The Bertz CT molecular complexity index is 553. The second kappa shape index (κ2) is 5.33. The third-order valence-corrected chi connectivity index (χ3v) is 4.45. The van der Waals surface area contributed by atoms with Crippen molar-refractivity contribution in [1.82, 2.24) is 4.90 Å². The highest BCUT2D eigenvalue weighted by atomic mass is 32.2. The monoisotopic (exact) mass is 281 g/mol. The molecule has 0 aliphatic carbocycles. The Labute approximate surface area is 114 Å². The number of rotatable bonds is 4. The fraction of sp³-hybridized carbons (Fsp3) is 0.500. The molecule has 1 aliphatic rings. The van der Waals surface area contributed by atoms with Crippen LogP contribution in [-0.2, 0) is 14.6 Å². The molecular formula is C14H19NO3S. The zero-order valence-electron chi connectivity index (χ0n) is 11.2. The van der Waals surface area contributed by atoms with Crippen molar-refractivity contribution in [2.24, 2.45) is 5.92 Å². The van der Waals surface area contributed by atoms with E-state index in [1.165, 1.54) is 0 Å². The smallest absolute Gasteiger partial charge is 0.224 e. The van der Waals surface area contributed by atoms with Gasteiger partial charge < -0.3 is 4.90 Å². The van der Waals surface area contributed by atoms with Gasteiger partial charge in [-0.15, -0.1) is 0 Å². The maximum atomic E-state index is 12.1. The molecule has 2 atom stereocenters. The van der Waals surface area contributed by atoms with E-state index in [1.54, 1.807) is 4.90 Å². The van der Waals surface area contributed by atoms with Crippen LogP contribution in [-0.4, -0.2) is 37.8 Å². The Morgan fingerprint density at radius 3 is 2.47 bits per heavy atom. The maximum absolute atomic E-state index is 12.1. The van der Waals surface area contributed by atoms with E-state index in [0.29, 0.717) is 12.5 Å². The molecule has 0 saturated carbocycles. The van der Waals surface area contributed by atoms with Crippen molar-refractivity contribution in [3.05, 3.63) is 35.9 Å². The van der Waals surface area contributed by atoms with Gasteiger partial charge in [-0.25, -0.2) is 8.42 Å². The van der Waals surface area contributed by atoms with Crippen molar-refractivity contribution in [3.8, 4) is 0 Å². The van der Waals surface area contributed by atoms with Gasteiger partial charge in [0.05, 0.1) is 11.8 Å². The van der Waals surface area contributed by atoms with E-state index < -0.39 is 9.84 Å². The molecule has 5 heteroatoms. The summed E-state index contributed by atoms with van der Waals surface area (Å²) < 4.78 is 22.2. The molecule has 1 aromatic carbocycles. The first-order chi connectivity index (χ1) is 8.88. The number of amides is 1. The summed E-state index contributed by atoms with van der Waals surface area (Å²) in [4.78, 5) is 13.8. The van der Waals surface area contributed by atoms with Crippen molar-refractivity contribution in [3.63, 3.8) is 0 Å². The number of nitrogens with zero attached hydrogens (tertiary/aromatic N) is 1. The summed E-state index contributed by atoms with van der Waals surface area (Å²) in [5.74, 6) is 0.278. The molecule has 4 nitrogen and oxygen atoms in total. The van der Waals surface area contributed by atoms with E-state index in [2.05, 4.69) is 6.92 Å². The van der Waals surface area contributed by atoms with E-state index in [0.717, 1.165) is 11.8 Å². The zero-order valence-corrected chi connectivity index (χ0v) is 12.1. The average molecular weight is 281 g/mol. The number of carbonyl (C=O) groups excluding carboxylic acids is 1. The van der Waals surface area contributed by atoms with Gasteiger partial charge in [-0.1, -0.05) is 37.3 Å². The maximum Gasteiger partial charge on any atom is 0.224 e. The largest absolute Gasteiger partial charge is 0.335 e. The molecule has 1 fully saturated rings. The van der Waals surface area contributed by atoms with E-state index >= 15 is 0 Å². The number of carbonyl (C=O) groups is 1. The second-order valence-electron chi connectivity index (χ2n) is 5.26.